The standard InChI is InChI=1S/C5H5ClO.C2H4.CH3NO2/c1-3-4(2)5(6)7;1-2;1-2(3)4/h3H,1-2H2;1-2H2;1H3. The zero-order valence-corrected chi connectivity index (χ0v) is 8.21. The predicted molar refractivity (Wildman–Crippen MR) is 54.4 cm³/mol. The van der Waals surface area contributed by atoms with E-state index in [1.807, 2.05) is 0 Å². The number of carbonyl (C=O) groups is 1. The summed E-state index contributed by atoms with van der Waals surface area (Å²) in [5.41, 5.74) is 0.238. The first-order valence-electron chi connectivity index (χ1n) is 3.01. The lowest BCUT2D eigenvalue weighted by Gasteiger charge is -1.81. The van der Waals surface area contributed by atoms with Crippen molar-refractivity contribution < 1.29 is 9.72 Å². The van der Waals surface area contributed by atoms with Crippen LogP contribution < -0.4 is 0 Å². The van der Waals surface area contributed by atoms with Crippen LogP contribution in [0, 0.1) is 10.1 Å². The molecule has 0 spiro atoms. The van der Waals surface area contributed by atoms with E-state index in [0.29, 0.717) is 0 Å². The van der Waals surface area contributed by atoms with Gasteiger partial charge in [0.25, 0.3) is 5.24 Å². The van der Waals surface area contributed by atoms with Crippen molar-refractivity contribution >= 4 is 16.8 Å². The highest BCUT2D eigenvalue weighted by atomic mass is 35.5. The normalized spacial score (nSPS) is 6.31. The number of nitrogens with zero attached hydrogens (tertiary/aromatic N) is 1. The Bertz CT molecular complexity index is 198. The van der Waals surface area contributed by atoms with E-state index in [1.54, 1.807) is 0 Å². The number of hydrogen-bond acceptors (Lipinski definition) is 3. The average molecular weight is 206 g/mol. The van der Waals surface area contributed by atoms with Crippen LogP contribution >= 0.6 is 11.6 Å². The summed E-state index contributed by atoms with van der Waals surface area (Å²) < 4.78 is 0. The third-order valence-electron chi connectivity index (χ3n) is 0.499. The Hall–Kier alpha value is -1.42. The molecule has 0 aromatic rings. The van der Waals surface area contributed by atoms with Crippen molar-refractivity contribution in [3.63, 3.8) is 0 Å². The van der Waals surface area contributed by atoms with Crippen LogP contribution in [-0.2, 0) is 4.79 Å². The molecule has 13 heavy (non-hydrogen) atoms. The molecule has 0 aromatic heterocycles. The molecule has 0 amide bonds. The van der Waals surface area contributed by atoms with Gasteiger partial charge in [0.05, 0.1) is 0 Å². The number of nitro groups is 1. The van der Waals surface area contributed by atoms with Crippen molar-refractivity contribution in [3.8, 4) is 0 Å². The fourth-order valence-corrected chi connectivity index (χ4v) is 0.157. The maximum Gasteiger partial charge on any atom is 0.251 e. The van der Waals surface area contributed by atoms with Crippen molar-refractivity contribution in [2.75, 3.05) is 7.05 Å². The molecule has 0 radical (unpaired) electrons. The first kappa shape index (κ1) is 17.6. The van der Waals surface area contributed by atoms with Gasteiger partial charge in [-0.25, -0.2) is 0 Å². The molecule has 0 saturated carbocycles. The monoisotopic (exact) mass is 205 g/mol. The molecule has 0 rings (SSSR count). The molecule has 0 saturated heterocycles. The number of hydrogen-bond donors (Lipinski definition) is 0. The van der Waals surface area contributed by atoms with Crippen molar-refractivity contribution in [2.24, 2.45) is 0 Å². The number of halogens is 1. The van der Waals surface area contributed by atoms with E-state index in [0.717, 1.165) is 7.05 Å². The van der Waals surface area contributed by atoms with Gasteiger partial charge in [-0.15, -0.1) is 13.2 Å². The Kier molecular flexibility index (Phi) is 17.9. The Morgan fingerprint density at radius 1 is 1.54 bits per heavy atom. The minimum absolute atomic E-state index is 0.238. The summed E-state index contributed by atoms with van der Waals surface area (Å²) in [4.78, 5) is 18.3. The third-order valence-corrected chi connectivity index (χ3v) is 0.742. The minimum Gasteiger partial charge on any atom is -0.276 e. The van der Waals surface area contributed by atoms with Crippen LogP contribution in [0.4, 0.5) is 0 Å². The Morgan fingerprint density at radius 2 is 1.77 bits per heavy atom. The third kappa shape index (κ3) is 37.1. The van der Waals surface area contributed by atoms with E-state index < -0.39 is 10.2 Å². The van der Waals surface area contributed by atoms with Gasteiger partial charge in [-0.3, -0.25) is 14.9 Å². The molecular weight excluding hydrogens is 194 g/mol. The second-order valence-corrected chi connectivity index (χ2v) is 1.79. The SMILES string of the molecule is C=C.C=CC(=C)C(=O)Cl.C[N+](=O)[O-]. The lowest BCUT2D eigenvalue weighted by molar-refractivity contribution is -0.445. The first-order valence-corrected chi connectivity index (χ1v) is 3.38. The summed E-state index contributed by atoms with van der Waals surface area (Å²) in [6, 6.07) is 0. The fraction of sp³-hybridized carbons (Fsp3) is 0.125. The molecule has 4 nitrogen and oxygen atoms in total. The van der Waals surface area contributed by atoms with Gasteiger partial charge in [0.15, 0.2) is 7.05 Å². The Balaban J connectivity index is -0.000000142. The summed E-state index contributed by atoms with van der Waals surface area (Å²) in [6.45, 7) is 12.6. The maximum atomic E-state index is 9.97. The van der Waals surface area contributed by atoms with Crippen LogP contribution in [0.1, 0.15) is 0 Å². The maximum absolute atomic E-state index is 9.97. The number of allylic oxidation sites excluding steroid dienone is 2. The van der Waals surface area contributed by atoms with Crippen LogP contribution in [0.3, 0.4) is 0 Å². The van der Waals surface area contributed by atoms with Gasteiger partial charge in [0.2, 0.25) is 0 Å². The lowest BCUT2D eigenvalue weighted by atomic mass is 10.3. The minimum atomic E-state index is -0.546. The Labute approximate surface area is 82.4 Å². The van der Waals surface area contributed by atoms with Gasteiger partial charge in [-0.1, -0.05) is 19.2 Å². The van der Waals surface area contributed by atoms with Gasteiger partial charge < -0.3 is 0 Å². The Morgan fingerprint density at radius 3 is 1.77 bits per heavy atom. The second-order valence-electron chi connectivity index (χ2n) is 1.44. The van der Waals surface area contributed by atoms with E-state index in [4.69, 9.17) is 21.7 Å². The van der Waals surface area contributed by atoms with Gasteiger partial charge in [0, 0.05) is 10.5 Å². The topological polar surface area (TPSA) is 60.2 Å². The highest BCUT2D eigenvalue weighted by molar-refractivity contribution is 6.68. The highest BCUT2D eigenvalue weighted by Crippen LogP contribution is 1.95. The van der Waals surface area contributed by atoms with E-state index >= 15 is 0 Å². The molecule has 0 N–H and O–H groups in total. The summed E-state index contributed by atoms with van der Waals surface area (Å²) in [6.07, 6.45) is 1.31. The fourth-order valence-electron chi connectivity index (χ4n) is 0.0802. The van der Waals surface area contributed by atoms with Crippen molar-refractivity contribution in [1.29, 1.82) is 0 Å². The quantitative estimate of drug-likeness (QED) is 0.173. The molecule has 0 aliphatic heterocycles. The molecule has 0 bridgehead atoms. The van der Waals surface area contributed by atoms with E-state index in [1.165, 1.54) is 6.08 Å². The van der Waals surface area contributed by atoms with Gasteiger partial charge in [0.1, 0.15) is 0 Å². The first-order chi connectivity index (χ1) is 5.91. The smallest absolute Gasteiger partial charge is 0.251 e. The van der Waals surface area contributed by atoms with Crippen molar-refractivity contribution in [3.05, 3.63) is 48.1 Å². The van der Waals surface area contributed by atoms with Crippen LogP contribution in [0.15, 0.2) is 38.0 Å². The van der Waals surface area contributed by atoms with Crippen molar-refractivity contribution in [1.82, 2.24) is 0 Å². The lowest BCUT2D eigenvalue weighted by Crippen LogP contribution is -1.83. The van der Waals surface area contributed by atoms with Gasteiger partial charge in [-0.2, -0.15) is 0 Å². The molecular formula is C8H12ClNO3. The zero-order chi connectivity index (χ0) is 11.4. The largest absolute Gasteiger partial charge is 0.276 e. The van der Waals surface area contributed by atoms with E-state index in [9.17, 15) is 4.79 Å². The summed E-state index contributed by atoms with van der Waals surface area (Å²) in [5, 5.41) is 8.26. The van der Waals surface area contributed by atoms with Crippen LogP contribution in [0.2, 0.25) is 0 Å². The predicted octanol–water partition coefficient (Wildman–Crippen LogP) is 2.19. The highest BCUT2D eigenvalue weighted by Gasteiger charge is 1.93. The molecule has 0 atom stereocenters. The van der Waals surface area contributed by atoms with Crippen LogP contribution in [0.5, 0.6) is 0 Å². The van der Waals surface area contributed by atoms with E-state index in [-0.39, 0.29) is 5.57 Å². The van der Waals surface area contributed by atoms with Crippen LogP contribution in [0.25, 0.3) is 0 Å². The molecule has 74 valence electrons. The number of carbonyl (C=O) groups excluding carboxylic acids is 1. The second kappa shape index (κ2) is 13.2. The molecule has 0 unspecified atom stereocenters. The summed E-state index contributed by atoms with van der Waals surface area (Å²) >= 11 is 4.92. The molecule has 0 aliphatic carbocycles. The molecule has 0 aromatic carbocycles. The van der Waals surface area contributed by atoms with E-state index in [2.05, 4.69) is 26.3 Å². The van der Waals surface area contributed by atoms with Crippen molar-refractivity contribution in [2.45, 2.75) is 0 Å². The van der Waals surface area contributed by atoms with Crippen LogP contribution in [-0.4, -0.2) is 17.2 Å². The molecule has 5 heteroatoms. The molecule has 0 fully saturated rings. The zero-order valence-electron chi connectivity index (χ0n) is 7.46. The number of rotatable bonds is 2. The van der Waals surface area contributed by atoms with Gasteiger partial charge in [-0.05, 0) is 11.6 Å². The molecule has 0 heterocycles. The molecule has 0 aliphatic rings. The summed E-state index contributed by atoms with van der Waals surface area (Å²) in [7, 11) is 0.889. The summed E-state index contributed by atoms with van der Waals surface area (Å²) in [5.74, 6) is 0. The average Bonchev–Trinajstić information content (AvgIpc) is 2.05. The van der Waals surface area contributed by atoms with Gasteiger partial charge >= 0.3 is 0 Å².